The Labute approximate surface area is 113 Å². The maximum atomic E-state index is 12.1. The lowest BCUT2D eigenvalue weighted by Gasteiger charge is -2.15. The summed E-state index contributed by atoms with van der Waals surface area (Å²) >= 11 is 0. The van der Waals surface area contributed by atoms with E-state index in [4.69, 9.17) is 4.74 Å². The molecule has 1 amide bonds. The molecule has 2 aromatic rings. The van der Waals surface area contributed by atoms with Crippen molar-refractivity contribution >= 4 is 5.91 Å². The molecule has 0 saturated heterocycles. The molecular weight excluding hydrogens is 238 g/mol. The summed E-state index contributed by atoms with van der Waals surface area (Å²) in [4.78, 5) is 13.7. The van der Waals surface area contributed by atoms with Gasteiger partial charge in [0.15, 0.2) is 0 Å². The van der Waals surface area contributed by atoms with E-state index in [0.717, 1.165) is 5.75 Å². The van der Waals surface area contributed by atoms with Crippen LogP contribution in [0.25, 0.3) is 0 Å². The van der Waals surface area contributed by atoms with Crippen LogP contribution in [0, 0.1) is 0 Å². The minimum atomic E-state index is 0.000937. The molecule has 3 heteroatoms. The van der Waals surface area contributed by atoms with Crippen LogP contribution >= 0.6 is 0 Å². The molecule has 2 aromatic carbocycles. The van der Waals surface area contributed by atoms with Gasteiger partial charge < -0.3 is 9.64 Å². The second-order valence-electron chi connectivity index (χ2n) is 4.26. The van der Waals surface area contributed by atoms with Crippen LogP contribution < -0.4 is 4.74 Å². The highest BCUT2D eigenvalue weighted by Gasteiger charge is 2.10. The van der Waals surface area contributed by atoms with Gasteiger partial charge in [0, 0.05) is 19.2 Å². The smallest absolute Gasteiger partial charge is 0.253 e. The van der Waals surface area contributed by atoms with Gasteiger partial charge in [0.1, 0.15) is 11.5 Å². The zero-order valence-electron chi connectivity index (χ0n) is 11.2. The van der Waals surface area contributed by atoms with Gasteiger partial charge in [-0.05, 0) is 37.3 Å². The van der Waals surface area contributed by atoms with E-state index in [2.05, 4.69) is 0 Å². The quantitative estimate of drug-likeness (QED) is 0.835. The largest absolute Gasteiger partial charge is 0.457 e. The van der Waals surface area contributed by atoms with E-state index in [-0.39, 0.29) is 5.91 Å². The lowest BCUT2D eigenvalue weighted by atomic mass is 10.2. The first-order chi connectivity index (χ1) is 9.20. The average Bonchev–Trinajstić information content (AvgIpc) is 2.47. The summed E-state index contributed by atoms with van der Waals surface area (Å²) in [6, 6.07) is 16.8. The minimum Gasteiger partial charge on any atom is -0.457 e. The van der Waals surface area contributed by atoms with E-state index in [1.807, 2.05) is 49.4 Å². The third-order valence-electron chi connectivity index (χ3n) is 2.88. The molecule has 0 heterocycles. The van der Waals surface area contributed by atoms with Crippen molar-refractivity contribution in [1.82, 2.24) is 4.90 Å². The third kappa shape index (κ3) is 3.35. The number of benzene rings is 2. The summed E-state index contributed by atoms with van der Waals surface area (Å²) < 4.78 is 5.71. The van der Waals surface area contributed by atoms with Gasteiger partial charge in [-0.1, -0.05) is 24.3 Å². The lowest BCUT2D eigenvalue weighted by Crippen LogP contribution is -2.26. The summed E-state index contributed by atoms with van der Waals surface area (Å²) in [7, 11) is 1.78. The number of para-hydroxylation sites is 1. The van der Waals surface area contributed by atoms with Gasteiger partial charge in [-0.25, -0.2) is 0 Å². The van der Waals surface area contributed by atoms with Crippen LogP contribution in [0.4, 0.5) is 0 Å². The average molecular weight is 255 g/mol. The Kier molecular flexibility index (Phi) is 4.18. The highest BCUT2D eigenvalue weighted by molar-refractivity contribution is 5.94. The van der Waals surface area contributed by atoms with Gasteiger partial charge in [0.2, 0.25) is 0 Å². The lowest BCUT2D eigenvalue weighted by molar-refractivity contribution is 0.0802. The Hall–Kier alpha value is -2.29. The third-order valence-corrected chi connectivity index (χ3v) is 2.88. The Balaban J connectivity index is 2.18. The normalized spacial score (nSPS) is 10.0. The zero-order chi connectivity index (χ0) is 13.7. The van der Waals surface area contributed by atoms with E-state index >= 15 is 0 Å². The van der Waals surface area contributed by atoms with Crippen molar-refractivity contribution in [2.24, 2.45) is 0 Å². The molecule has 0 saturated carbocycles. The second-order valence-corrected chi connectivity index (χ2v) is 4.26. The van der Waals surface area contributed by atoms with Crippen molar-refractivity contribution in [2.75, 3.05) is 13.6 Å². The summed E-state index contributed by atoms with van der Waals surface area (Å²) in [5.41, 5.74) is 0.637. The molecule has 0 aliphatic heterocycles. The second kappa shape index (κ2) is 6.05. The molecule has 0 aliphatic rings. The van der Waals surface area contributed by atoms with Crippen molar-refractivity contribution in [3.05, 3.63) is 60.2 Å². The van der Waals surface area contributed by atoms with Crippen LogP contribution in [0.3, 0.4) is 0 Å². The van der Waals surface area contributed by atoms with Crippen molar-refractivity contribution in [3.63, 3.8) is 0 Å². The fourth-order valence-corrected chi connectivity index (χ4v) is 1.68. The summed E-state index contributed by atoms with van der Waals surface area (Å²) in [6.07, 6.45) is 0. The number of amides is 1. The fraction of sp³-hybridized carbons (Fsp3) is 0.188. The number of carbonyl (C=O) groups is 1. The molecule has 0 atom stereocenters. The van der Waals surface area contributed by atoms with Gasteiger partial charge in [-0.15, -0.1) is 0 Å². The predicted molar refractivity (Wildman–Crippen MR) is 75.6 cm³/mol. The molecule has 0 radical (unpaired) electrons. The van der Waals surface area contributed by atoms with Gasteiger partial charge in [0.25, 0.3) is 5.91 Å². The van der Waals surface area contributed by atoms with E-state index in [9.17, 15) is 4.79 Å². The number of ether oxygens (including phenoxy) is 1. The molecule has 3 nitrogen and oxygen atoms in total. The SMILES string of the molecule is CCN(C)C(=O)c1cccc(Oc2ccccc2)c1. The van der Waals surface area contributed by atoms with E-state index in [1.165, 1.54) is 0 Å². The standard InChI is InChI=1S/C16H17NO2/c1-3-17(2)16(18)13-8-7-11-15(12-13)19-14-9-5-4-6-10-14/h4-12H,3H2,1-2H3. The summed E-state index contributed by atoms with van der Waals surface area (Å²) in [5, 5.41) is 0. The molecule has 0 spiro atoms. The zero-order valence-corrected chi connectivity index (χ0v) is 11.2. The number of hydrogen-bond donors (Lipinski definition) is 0. The maximum absolute atomic E-state index is 12.1. The molecule has 0 bridgehead atoms. The van der Waals surface area contributed by atoms with Crippen molar-refractivity contribution in [1.29, 1.82) is 0 Å². The van der Waals surface area contributed by atoms with Crippen LogP contribution in [0.15, 0.2) is 54.6 Å². The van der Waals surface area contributed by atoms with Crippen LogP contribution in [0.2, 0.25) is 0 Å². The molecule has 0 aromatic heterocycles. The molecule has 0 aliphatic carbocycles. The Morgan fingerprint density at radius 1 is 1.05 bits per heavy atom. The minimum absolute atomic E-state index is 0.000937. The molecule has 19 heavy (non-hydrogen) atoms. The number of carbonyl (C=O) groups excluding carboxylic acids is 1. The fourth-order valence-electron chi connectivity index (χ4n) is 1.68. The molecule has 98 valence electrons. The monoisotopic (exact) mass is 255 g/mol. The number of rotatable bonds is 4. The van der Waals surface area contributed by atoms with Gasteiger partial charge >= 0.3 is 0 Å². The highest BCUT2D eigenvalue weighted by atomic mass is 16.5. The first kappa shape index (κ1) is 13.1. The Bertz CT molecular complexity index is 552. The topological polar surface area (TPSA) is 29.5 Å². The van der Waals surface area contributed by atoms with Crippen LogP contribution in [0.5, 0.6) is 11.5 Å². The van der Waals surface area contributed by atoms with E-state index < -0.39 is 0 Å². The molecule has 0 N–H and O–H groups in total. The first-order valence-corrected chi connectivity index (χ1v) is 6.29. The van der Waals surface area contributed by atoms with Crippen LogP contribution in [0.1, 0.15) is 17.3 Å². The van der Waals surface area contributed by atoms with E-state index in [0.29, 0.717) is 17.9 Å². The Morgan fingerprint density at radius 3 is 2.42 bits per heavy atom. The molecule has 0 fully saturated rings. The van der Waals surface area contributed by atoms with Gasteiger partial charge in [-0.3, -0.25) is 4.79 Å². The van der Waals surface area contributed by atoms with Gasteiger partial charge in [0.05, 0.1) is 0 Å². The molecule has 0 unspecified atom stereocenters. The molecular formula is C16H17NO2. The summed E-state index contributed by atoms with van der Waals surface area (Å²) in [5.74, 6) is 1.43. The number of nitrogens with zero attached hydrogens (tertiary/aromatic N) is 1. The predicted octanol–water partition coefficient (Wildman–Crippen LogP) is 3.57. The Morgan fingerprint density at radius 2 is 1.74 bits per heavy atom. The molecule has 2 rings (SSSR count). The van der Waals surface area contributed by atoms with Crippen LogP contribution in [-0.2, 0) is 0 Å². The van der Waals surface area contributed by atoms with Crippen molar-refractivity contribution in [3.8, 4) is 11.5 Å². The van der Waals surface area contributed by atoms with Crippen molar-refractivity contribution < 1.29 is 9.53 Å². The van der Waals surface area contributed by atoms with Crippen LogP contribution in [-0.4, -0.2) is 24.4 Å². The van der Waals surface area contributed by atoms with Gasteiger partial charge in [-0.2, -0.15) is 0 Å². The maximum Gasteiger partial charge on any atom is 0.253 e. The van der Waals surface area contributed by atoms with E-state index in [1.54, 1.807) is 24.1 Å². The highest BCUT2D eigenvalue weighted by Crippen LogP contribution is 2.22. The summed E-state index contributed by atoms with van der Waals surface area (Å²) in [6.45, 7) is 2.63. The van der Waals surface area contributed by atoms with Crippen molar-refractivity contribution in [2.45, 2.75) is 6.92 Å². The number of hydrogen-bond acceptors (Lipinski definition) is 2. The first-order valence-electron chi connectivity index (χ1n) is 6.29.